The van der Waals surface area contributed by atoms with Gasteiger partial charge in [-0.1, -0.05) is 71.4 Å². The summed E-state index contributed by atoms with van der Waals surface area (Å²) in [5, 5.41) is 5.80. The number of carbonyl (C=O) groups is 4. The third kappa shape index (κ3) is 16.7. The Labute approximate surface area is 486 Å². The number of carbonyl (C=O) groups excluding carboxylic acids is 4. The van der Waals surface area contributed by atoms with Gasteiger partial charge in [0.1, 0.15) is 0 Å². The second kappa shape index (κ2) is 31.0. The standard InChI is InChI=1S/C63H82N2O18/c1-13-14-15-16-17-20-39(30-55(69)81-38(5)83-63(71)65-46-26-22-40-31-52(74-8)58(76-10)60(77-11)56(40)42-24-28-50(72-6)48(66)33-44(42)46)35-79-59-53(75-9)32-41-23-27-47(64-62(70)82-37(4)80-54(68)21-18-19-36(2)3)45-34-49(67)51(73-7)29-25-43(45)57(41)61(59)78-12/h24-25,28-29,31-34,36-39,46-47H,13-23,26-27,30,35H2,1-12H3,(H,64,70)(H,65,71)/t37?,38?,39?,46-,47-/m0/s1. The van der Waals surface area contributed by atoms with Crippen LogP contribution < -0.4 is 59.4 Å². The van der Waals surface area contributed by atoms with E-state index in [1.165, 1.54) is 75.7 Å². The monoisotopic (exact) mass is 1150 g/mol. The molecule has 2 aliphatic carbocycles. The van der Waals surface area contributed by atoms with E-state index < -0.39 is 65.6 Å². The van der Waals surface area contributed by atoms with Crippen LogP contribution in [-0.4, -0.2) is 93.1 Å². The number of ether oxygens (including phenoxy) is 12. The summed E-state index contributed by atoms with van der Waals surface area (Å²) >= 11 is 0. The van der Waals surface area contributed by atoms with Gasteiger partial charge in [-0.15, -0.1) is 0 Å². The first-order valence-corrected chi connectivity index (χ1v) is 28.4. The molecule has 0 spiro atoms. The van der Waals surface area contributed by atoms with E-state index >= 15 is 0 Å². The molecule has 0 heterocycles. The van der Waals surface area contributed by atoms with Gasteiger partial charge in [-0.05, 0) is 114 Å². The number of benzene rings is 2. The van der Waals surface area contributed by atoms with E-state index in [4.69, 9.17) is 56.8 Å². The van der Waals surface area contributed by atoms with E-state index in [0.29, 0.717) is 101 Å². The molecule has 2 amide bonds. The number of hydrogen-bond donors (Lipinski definition) is 2. The second-order valence-electron chi connectivity index (χ2n) is 21.0. The van der Waals surface area contributed by atoms with Crippen LogP contribution in [0.5, 0.6) is 46.0 Å². The maximum atomic E-state index is 13.9. The van der Waals surface area contributed by atoms with E-state index in [-0.39, 0.29) is 42.4 Å². The fourth-order valence-corrected chi connectivity index (χ4v) is 10.7. The van der Waals surface area contributed by atoms with Crippen LogP contribution in [0.3, 0.4) is 0 Å². The van der Waals surface area contributed by atoms with Gasteiger partial charge in [0.05, 0.1) is 74.9 Å². The first-order valence-electron chi connectivity index (χ1n) is 28.4. The van der Waals surface area contributed by atoms with Gasteiger partial charge in [0.2, 0.25) is 34.9 Å². The summed E-state index contributed by atoms with van der Waals surface area (Å²) in [5.74, 6) is 1.13. The first-order chi connectivity index (χ1) is 39.9. The molecular weight excluding hydrogens is 1070 g/mol. The molecule has 83 heavy (non-hydrogen) atoms. The summed E-state index contributed by atoms with van der Waals surface area (Å²) < 4.78 is 69.2. The highest BCUT2D eigenvalue weighted by Gasteiger charge is 2.34. The largest absolute Gasteiger partial charge is 0.493 e. The molecule has 0 aromatic heterocycles. The van der Waals surface area contributed by atoms with E-state index in [2.05, 4.69) is 31.4 Å². The summed E-state index contributed by atoms with van der Waals surface area (Å²) in [6.45, 7) is 9.20. The van der Waals surface area contributed by atoms with Crippen LogP contribution in [0.25, 0.3) is 22.3 Å². The number of alkyl carbamates (subject to hydrolysis) is 2. The van der Waals surface area contributed by atoms with Crippen molar-refractivity contribution in [3.8, 4) is 68.2 Å². The number of nitrogens with one attached hydrogen (secondary N) is 2. The zero-order valence-corrected chi connectivity index (χ0v) is 50.0. The van der Waals surface area contributed by atoms with Gasteiger partial charge in [0.15, 0.2) is 34.5 Å². The molecule has 6 rings (SSSR count). The molecule has 2 aliphatic rings. The Morgan fingerprint density at radius 1 is 0.518 bits per heavy atom. The zero-order chi connectivity index (χ0) is 60.3. The Kier molecular flexibility index (Phi) is 24.0. The van der Waals surface area contributed by atoms with Crippen molar-refractivity contribution in [2.45, 2.75) is 149 Å². The van der Waals surface area contributed by atoms with Crippen molar-refractivity contribution >= 4 is 24.1 Å². The van der Waals surface area contributed by atoms with Crippen molar-refractivity contribution in [1.82, 2.24) is 10.6 Å². The lowest BCUT2D eigenvalue weighted by Gasteiger charge is -2.23. The minimum atomic E-state index is -1.32. The van der Waals surface area contributed by atoms with Gasteiger partial charge < -0.3 is 67.5 Å². The van der Waals surface area contributed by atoms with Crippen molar-refractivity contribution in [1.29, 1.82) is 0 Å². The maximum absolute atomic E-state index is 13.9. The Morgan fingerprint density at radius 2 is 0.988 bits per heavy atom. The molecule has 0 bridgehead atoms. The van der Waals surface area contributed by atoms with Crippen molar-refractivity contribution < 1.29 is 76.0 Å². The molecule has 5 atom stereocenters. The van der Waals surface area contributed by atoms with Crippen LogP contribution in [0.2, 0.25) is 0 Å². The Hall–Kier alpha value is -7.90. The number of unbranched alkanes of at least 4 members (excludes halogenated alkanes) is 4. The summed E-state index contributed by atoms with van der Waals surface area (Å²) in [4.78, 5) is 80.7. The van der Waals surface area contributed by atoms with E-state index in [1.807, 2.05) is 12.1 Å². The number of hydrogen-bond acceptors (Lipinski definition) is 18. The van der Waals surface area contributed by atoms with Crippen molar-refractivity contribution in [3.63, 3.8) is 0 Å². The fourth-order valence-electron chi connectivity index (χ4n) is 10.7. The molecule has 3 unspecified atom stereocenters. The van der Waals surface area contributed by atoms with Crippen molar-refractivity contribution in [3.05, 3.63) is 91.2 Å². The highest BCUT2D eigenvalue weighted by atomic mass is 16.7. The average Bonchev–Trinajstić information content (AvgIpc) is 4.14. The number of amides is 2. The molecule has 20 heteroatoms. The highest BCUT2D eigenvalue weighted by Crippen LogP contribution is 2.52. The zero-order valence-electron chi connectivity index (χ0n) is 50.0. The topological polar surface area (TPSA) is 237 Å². The molecule has 0 aliphatic heterocycles. The fraction of sp³-hybridized carbons (Fsp3) is 0.524. The summed E-state index contributed by atoms with van der Waals surface area (Å²) in [7, 11) is 10.3. The van der Waals surface area contributed by atoms with E-state index in [0.717, 1.165) is 49.7 Å². The third-order valence-corrected chi connectivity index (χ3v) is 14.8. The first kappa shape index (κ1) is 64.3. The summed E-state index contributed by atoms with van der Waals surface area (Å²) in [6.07, 6.45) is 4.23. The van der Waals surface area contributed by atoms with Gasteiger partial charge in [0, 0.05) is 37.3 Å². The van der Waals surface area contributed by atoms with E-state index in [1.54, 1.807) is 24.3 Å². The molecule has 0 saturated carbocycles. The predicted octanol–water partition coefficient (Wildman–Crippen LogP) is 11.3. The quantitative estimate of drug-likeness (QED) is 0.0305. The smallest absolute Gasteiger partial charge is 0.410 e. The number of fused-ring (bicyclic) bond motifs is 6. The summed E-state index contributed by atoms with van der Waals surface area (Å²) in [6, 6.07) is 11.6. The normalized spacial score (nSPS) is 15.1. The van der Waals surface area contributed by atoms with Crippen LogP contribution in [-0.2, 0) is 41.4 Å². The SMILES string of the molecule is CCCCCCCC(COc1c(OC)cc2c(c1OC)-c1ccc(OC)c(=O)cc1[C@@H](NC(=O)OC(C)OC(=O)CCCC(C)C)CC2)CC(=O)OC(C)OC(=O)N[C@H]1CCc2cc(OC)c(OC)c(OC)c2-c2ccc(OC)c(=O)cc21. The van der Waals surface area contributed by atoms with Gasteiger partial charge in [-0.2, -0.15) is 0 Å². The van der Waals surface area contributed by atoms with Gasteiger partial charge in [-0.25, -0.2) is 9.59 Å². The minimum absolute atomic E-state index is 0.0184. The minimum Gasteiger partial charge on any atom is -0.493 e. The lowest BCUT2D eigenvalue weighted by Crippen LogP contribution is -2.33. The van der Waals surface area contributed by atoms with Crippen LogP contribution in [0.15, 0.2) is 58.1 Å². The number of rotatable bonds is 28. The number of esters is 2. The van der Waals surface area contributed by atoms with Crippen LogP contribution in [0.1, 0.15) is 146 Å². The lowest BCUT2D eigenvalue weighted by atomic mass is 9.95. The van der Waals surface area contributed by atoms with Crippen molar-refractivity contribution in [2.24, 2.45) is 11.8 Å². The second-order valence-corrected chi connectivity index (χ2v) is 21.0. The van der Waals surface area contributed by atoms with Gasteiger partial charge in [0.25, 0.3) is 0 Å². The Balaban J connectivity index is 1.21. The predicted molar refractivity (Wildman–Crippen MR) is 310 cm³/mol. The number of aryl methyl sites for hydroxylation is 2. The molecular formula is C63H82N2O18. The van der Waals surface area contributed by atoms with Gasteiger partial charge >= 0.3 is 24.1 Å². The number of methoxy groups -OCH3 is 7. The molecule has 0 radical (unpaired) electrons. The molecule has 452 valence electrons. The summed E-state index contributed by atoms with van der Waals surface area (Å²) in [5.41, 5.74) is 4.01. The molecule has 0 saturated heterocycles. The maximum Gasteiger partial charge on any atom is 0.410 e. The average molecular weight is 1160 g/mol. The van der Waals surface area contributed by atoms with Crippen molar-refractivity contribution in [2.75, 3.05) is 56.4 Å². The lowest BCUT2D eigenvalue weighted by molar-refractivity contribution is -0.167. The third-order valence-electron chi connectivity index (χ3n) is 14.8. The highest BCUT2D eigenvalue weighted by molar-refractivity contribution is 5.85. The molecule has 2 N–H and O–H groups in total. The van der Waals surface area contributed by atoms with Gasteiger partial charge in [-0.3, -0.25) is 19.2 Å². The molecule has 4 aromatic carbocycles. The Bertz CT molecular complexity index is 3040. The Morgan fingerprint density at radius 3 is 1.46 bits per heavy atom. The molecule has 20 nitrogen and oxygen atoms in total. The van der Waals surface area contributed by atoms with E-state index in [9.17, 15) is 28.8 Å². The van der Waals surface area contributed by atoms with Crippen LogP contribution >= 0.6 is 0 Å². The van der Waals surface area contributed by atoms with Crippen LogP contribution in [0, 0.1) is 11.8 Å². The molecule has 0 fully saturated rings. The van der Waals surface area contributed by atoms with Crippen LogP contribution in [0.4, 0.5) is 9.59 Å². The molecule has 4 aromatic rings.